The number of nitrogens with zero attached hydrogens (tertiary/aromatic N) is 1. The fraction of sp³-hybridized carbons (Fsp3) is 0.333. The van der Waals surface area contributed by atoms with Crippen LogP contribution >= 0.6 is 0 Å². The molecule has 1 saturated heterocycles. The first-order valence-electron chi connectivity index (χ1n) is 11.6. The molecule has 35 heavy (non-hydrogen) atoms. The third-order valence-electron chi connectivity index (χ3n) is 6.95. The smallest absolute Gasteiger partial charge is 0.306 e. The highest BCUT2D eigenvalue weighted by molar-refractivity contribution is 6.32. The third-order valence-corrected chi connectivity index (χ3v) is 6.95. The van der Waals surface area contributed by atoms with Crippen LogP contribution < -0.4 is 5.32 Å². The van der Waals surface area contributed by atoms with Crippen molar-refractivity contribution in [3.8, 4) is 0 Å². The molecule has 6 nitrogen and oxygen atoms in total. The van der Waals surface area contributed by atoms with Crippen LogP contribution in [0, 0.1) is 17.6 Å². The second-order valence-electron chi connectivity index (χ2n) is 9.76. The third kappa shape index (κ3) is 4.34. The van der Waals surface area contributed by atoms with Crippen molar-refractivity contribution in [3.63, 3.8) is 0 Å². The fourth-order valence-electron chi connectivity index (χ4n) is 5.01. The van der Waals surface area contributed by atoms with E-state index < -0.39 is 29.1 Å². The Morgan fingerprint density at radius 2 is 1.80 bits per heavy atom. The van der Waals surface area contributed by atoms with Crippen molar-refractivity contribution in [2.24, 2.45) is 5.92 Å². The molecule has 3 heterocycles. The molecule has 0 saturated carbocycles. The average Bonchev–Trinajstić information content (AvgIpc) is 3.29. The largest absolute Gasteiger partial charge is 0.482 e. The number of nitrogens with one attached hydrogen (secondary N) is 1. The summed E-state index contributed by atoms with van der Waals surface area (Å²) in [4.78, 5) is 26.0. The van der Waals surface area contributed by atoms with E-state index in [1.807, 2.05) is 38.1 Å². The lowest BCUT2D eigenvalue weighted by Gasteiger charge is -2.30. The van der Waals surface area contributed by atoms with Crippen LogP contribution in [-0.2, 0) is 20.9 Å². The van der Waals surface area contributed by atoms with Crippen LogP contribution in [0.25, 0.3) is 11.1 Å². The quantitative estimate of drug-likeness (QED) is 0.614. The summed E-state index contributed by atoms with van der Waals surface area (Å²) in [6.07, 6.45) is 3.12. The summed E-state index contributed by atoms with van der Waals surface area (Å²) in [5.41, 5.74) is 2.88. The maximum absolute atomic E-state index is 13.9. The molecule has 0 atom stereocenters. The van der Waals surface area contributed by atoms with Crippen LogP contribution in [0.1, 0.15) is 43.4 Å². The van der Waals surface area contributed by atoms with E-state index in [1.54, 1.807) is 6.08 Å². The molecular formula is C27H26F2N2O4. The number of fused-ring (bicyclic) bond motifs is 1. The number of piperidine rings is 1. The Balaban J connectivity index is 1.38. The number of carboxylic acids is 1. The van der Waals surface area contributed by atoms with Crippen LogP contribution in [0.15, 0.2) is 48.2 Å². The standard InChI is InChI=1S/C27H26F2N2O4/c1-27(2)19(12-23(35-27)24-18-11-20(28)21(29)13-22(18)30-25(24)32)16-5-3-15(4-6-16)14-31-9-7-17(8-10-31)26(33)34/h3-6,11-13,17H,7-10,14H2,1-2H3,(H,30,32)(H,33,34). The first-order chi connectivity index (χ1) is 16.6. The number of benzene rings is 2. The van der Waals surface area contributed by atoms with Crippen molar-refractivity contribution in [1.29, 1.82) is 0 Å². The zero-order valence-electron chi connectivity index (χ0n) is 19.5. The number of ether oxygens (including phenoxy) is 1. The number of carbonyl (C=O) groups is 2. The normalized spacial score (nSPS) is 21.9. The second kappa shape index (κ2) is 8.61. The molecule has 0 aliphatic carbocycles. The van der Waals surface area contributed by atoms with Gasteiger partial charge in [0.2, 0.25) is 0 Å². The first kappa shape index (κ1) is 23.2. The summed E-state index contributed by atoms with van der Waals surface area (Å²) >= 11 is 0. The summed E-state index contributed by atoms with van der Waals surface area (Å²) in [6, 6.07) is 10.1. The van der Waals surface area contributed by atoms with Gasteiger partial charge in [-0.2, -0.15) is 0 Å². The molecule has 0 spiro atoms. The summed E-state index contributed by atoms with van der Waals surface area (Å²) in [5.74, 6) is -3.16. The van der Waals surface area contributed by atoms with E-state index in [0.29, 0.717) is 18.6 Å². The highest BCUT2D eigenvalue weighted by Gasteiger charge is 2.38. The molecule has 5 rings (SSSR count). The molecule has 2 aromatic rings. The Labute approximate surface area is 201 Å². The van der Waals surface area contributed by atoms with E-state index in [4.69, 9.17) is 4.74 Å². The van der Waals surface area contributed by atoms with Gasteiger partial charge in [0.05, 0.1) is 17.2 Å². The van der Waals surface area contributed by atoms with Gasteiger partial charge in [-0.3, -0.25) is 14.5 Å². The number of hydrogen-bond acceptors (Lipinski definition) is 4. The van der Waals surface area contributed by atoms with Crippen LogP contribution in [-0.4, -0.2) is 40.6 Å². The van der Waals surface area contributed by atoms with Crippen molar-refractivity contribution in [2.45, 2.75) is 38.8 Å². The Hall–Kier alpha value is -3.52. The molecule has 3 aliphatic rings. The van der Waals surface area contributed by atoms with Gasteiger partial charge in [-0.1, -0.05) is 24.3 Å². The number of carboxylic acid groups (broad SMARTS) is 1. The van der Waals surface area contributed by atoms with E-state index in [2.05, 4.69) is 10.2 Å². The van der Waals surface area contributed by atoms with Crippen LogP contribution in [0.3, 0.4) is 0 Å². The predicted octanol–water partition coefficient (Wildman–Crippen LogP) is 4.82. The van der Waals surface area contributed by atoms with Gasteiger partial charge in [0.15, 0.2) is 11.6 Å². The number of halogens is 2. The Morgan fingerprint density at radius 3 is 2.46 bits per heavy atom. The molecule has 1 fully saturated rings. The minimum Gasteiger partial charge on any atom is -0.482 e. The van der Waals surface area contributed by atoms with Gasteiger partial charge in [0.1, 0.15) is 11.4 Å². The minimum absolute atomic E-state index is 0.184. The number of likely N-dealkylation sites (tertiary alicyclic amines) is 1. The zero-order valence-corrected chi connectivity index (χ0v) is 19.5. The molecule has 0 bridgehead atoms. The zero-order chi connectivity index (χ0) is 24.9. The fourth-order valence-corrected chi connectivity index (χ4v) is 5.01. The summed E-state index contributed by atoms with van der Waals surface area (Å²) in [7, 11) is 0. The molecule has 1 amide bonds. The van der Waals surface area contributed by atoms with Gasteiger partial charge in [-0.25, -0.2) is 8.78 Å². The van der Waals surface area contributed by atoms with Crippen molar-refractivity contribution in [3.05, 3.63) is 76.6 Å². The van der Waals surface area contributed by atoms with Crippen molar-refractivity contribution in [1.82, 2.24) is 4.90 Å². The van der Waals surface area contributed by atoms with Crippen molar-refractivity contribution in [2.75, 3.05) is 18.4 Å². The topological polar surface area (TPSA) is 78.9 Å². The maximum Gasteiger partial charge on any atom is 0.306 e. The summed E-state index contributed by atoms with van der Waals surface area (Å²) in [5, 5.41) is 11.8. The molecule has 2 aromatic carbocycles. The van der Waals surface area contributed by atoms with Crippen LogP contribution in [0.5, 0.6) is 0 Å². The molecule has 2 N–H and O–H groups in total. The van der Waals surface area contributed by atoms with Gasteiger partial charge >= 0.3 is 5.97 Å². The predicted molar refractivity (Wildman–Crippen MR) is 127 cm³/mol. The number of amides is 1. The Morgan fingerprint density at radius 1 is 1.14 bits per heavy atom. The van der Waals surface area contributed by atoms with E-state index >= 15 is 0 Å². The lowest BCUT2D eigenvalue weighted by atomic mass is 9.91. The molecule has 182 valence electrons. The summed E-state index contributed by atoms with van der Waals surface area (Å²) in [6.45, 7) is 6.06. The minimum atomic E-state index is -1.03. The molecule has 0 unspecified atom stereocenters. The first-order valence-corrected chi connectivity index (χ1v) is 11.6. The van der Waals surface area contributed by atoms with Crippen molar-refractivity contribution >= 4 is 28.7 Å². The second-order valence-corrected chi connectivity index (χ2v) is 9.76. The number of hydrogen-bond donors (Lipinski definition) is 2. The van der Waals surface area contributed by atoms with E-state index in [9.17, 15) is 23.5 Å². The molecule has 0 aromatic heterocycles. The van der Waals surface area contributed by atoms with Crippen LogP contribution in [0.4, 0.5) is 14.5 Å². The lowest BCUT2D eigenvalue weighted by Crippen LogP contribution is -2.35. The van der Waals surface area contributed by atoms with E-state index in [1.165, 1.54) is 0 Å². The van der Waals surface area contributed by atoms with E-state index in [-0.39, 0.29) is 22.7 Å². The van der Waals surface area contributed by atoms with Gasteiger partial charge in [0.25, 0.3) is 5.91 Å². The van der Waals surface area contributed by atoms with Gasteiger partial charge in [-0.05, 0) is 63.0 Å². The Kier molecular flexibility index (Phi) is 5.71. The number of rotatable bonds is 4. The van der Waals surface area contributed by atoms with Gasteiger partial charge in [0, 0.05) is 23.7 Å². The van der Waals surface area contributed by atoms with Gasteiger partial charge in [-0.15, -0.1) is 0 Å². The number of anilines is 1. The van der Waals surface area contributed by atoms with Crippen molar-refractivity contribution < 1.29 is 28.2 Å². The number of allylic oxidation sites excluding steroid dienone is 1. The number of aliphatic carboxylic acids is 1. The highest BCUT2D eigenvalue weighted by atomic mass is 19.2. The number of carbonyl (C=O) groups excluding carboxylic acids is 1. The average molecular weight is 481 g/mol. The van der Waals surface area contributed by atoms with Gasteiger partial charge < -0.3 is 15.2 Å². The maximum atomic E-state index is 13.9. The van der Waals surface area contributed by atoms with E-state index in [0.717, 1.165) is 48.5 Å². The summed E-state index contributed by atoms with van der Waals surface area (Å²) < 4.78 is 33.7. The SMILES string of the molecule is CC1(C)OC(=C2C(=O)Nc3cc(F)c(F)cc32)C=C1c1ccc(CN2CCC(C(=O)O)CC2)cc1. The molecule has 8 heteroatoms. The molecule has 3 aliphatic heterocycles. The Bertz CT molecular complexity index is 1270. The highest BCUT2D eigenvalue weighted by Crippen LogP contribution is 2.44. The molecular weight excluding hydrogens is 454 g/mol. The van der Waals surface area contributed by atoms with Crippen LogP contribution in [0.2, 0.25) is 0 Å². The lowest BCUT2D eigenvalue weighted by molar-refractivity contribution is -0.143. The monoisotopic (exact) mass is 480 g/mol. The molecule has 0 radical (unpaired) electrons.